The number of ether oxygens (including phenoxy) is 2. The first-order valence-electron chi connectivity index (χ1n) is 10.3. The third-order valence-electron chi connectivity index (χ3n) is 5.64. The van der Waals surface area contributed by atoms with E-state index in [1.807, 2.05) is 0 Å². The van der Waals surface area contributed by atoms with Crippen LogP contribution in [0, 0.1) is 11.3 Å². The minimum atomic E-state index is -0.225. The molecule has 3 heterocycles. The Morgan fingerprint density at radius 1 is 1.26 bits per heavy atom. The predicted molar refractivity (Wildman–Crippen MR) is 104 cm³/mol. The van der Waals surface area contributed by atoms with Gasteiger partial charge in [0.05, 0.1) is 25.4 Å². The average Bonchev–Trinajstić information content (AvgIpc) is 2.66. The Hall–Kier alpha value is -1.68. The molecule has 148 valence electrons. The zero-order valence-corrected chi connectivity index (χ0v) is 17.0. The molecule has 1 fully saturated rings. The lowest BCUT2D eigenvalue weighted by Gasteiger charge is -2.32. The molecule has 0 aromatic carbocycles. The molecule has 6 heteroatoms. The molecule has 1 aromatic heterocycles. The summed E-state index contributed by atoms with van der Waals surface area (Å²) < 4.78 is 11.5. The molecule has 0 amide bonds. The molecule has 3 N–H and O–H groups in total. The molecule has 1 saturated heterocycles. The number of aryl methyl sites for hydroxylation is 1. The topological polar surface area (TPSA) is 72.9 Å². The van der Waals surface area contributed by atoms with Crippen molar-refractivity contribution in [2.24, 2.45) is 0 Å². The number of anilines is 1. The monoisotopic (exact) mass is 374 g/mol. The van der Waals surface area contributed by atoms with Crippen LogP contribution in [0.2, 0.25) is 0 Å². The summed E-state index contributed by atoms with van der Waals surface area (Å²) in [4.78, 5) is 5.11. The van der Waals surface area contributed by atoms with Gasteiger partial charge in [-0.25, -0.2) is 4.98 Å². The first-order valence-corrected chi connectivity index (χ1v) is 10.3. The van der Waals surface area contributed by atoms with Crippen molar-refractivity contribution in [3.05, 3.63) is 22.4 Å². The van der Waals surface area contributed by atoms with Gasteiger partial charge in [0, 0.05) is 18.4 Å². The van der Waals surface area contributed by atoms with Crippen LogP contribution in [0.5, 0.6) is 0 Å². The normalized spacial score (nSPS) is 19.3. The van der Waals surface area contributed by atoms with E-state index in [0.717, 1.165) is 76.5 Å². The van der Waals surface area contributed by atoms with Crippen LogP contribution < -0.4 is 15.2 Å². The molecular weight excluding hydrogens is 340 g/mol. The molecule has 0 saturated carbocycles. The molecule has 1 aromatic rings. The number of unbranched alkanes of at least 4 members (excludes halogenated alkanes) is 1. The first-order chi connectivity index (χ1) is 13.0. The van der Waals surface area contributed by atoms with E-state index in [-0.39, 0.29) is 5.60 Å². The molecule has 0 atom stereocenters. The first kappa shape index (κ1) is 20.1. The fraction of sp³-hybridized carbons (Fsp3) is 0.714. The smallest absolute Gasteiger partial charge is 0.291 e. The quantitative estimate of drug-likeness (QED) is 0.744. The number of hydrogen-bond donors (Lipinski definition) is 2. The van der Waals surface area contributed by atoms with Crippen LogP contribution in [-0.4, -0.2) is 45.0 Å². The maximum Gasteiger partial charge on any atom is 0.291 e. The molecule has 0 spiro atoms. The summed E-state index contributed by atoms with van der Waals surface area (Å²) in [6.07, 6.45) is 4.06. The highest BCUT2D eigenvalue weighted by atomic mass is 16.5. The van der Waals surface area contributed by atoms with Crippen molar-refractivity contribution in [1.82, 2.24) is 0 Å². The van der Waals surface area contributed by atoms with E-state index < -0.39 is 0 Å². The fourth-order valence-corrected chi connectivity index (χ4v) is 3.98. The van der Waals surface area contributed by atoms with Crippen LogP contribution in [0.15, 0.2) is 0 Å². The Balaban J connectivity index is 1.82. The molecule has 0 radical (unpaired) electrons. The van der Waals surface area contributed by atoms with Gasteiger partial charge in [-0.1, -0.05) is 13.3 Å². The lowest BCUT2D eigenvalue weighted by atomic mass is 9.87. The van der Waals surface area contributed by atoms with Crippen molar-refractivity contribution in [2.75, 3.05) is 44.7 Å². The van der Waals surface area contributed by atoms with Gasteiger partial charge >= 0.3 is 0 Å². The highest BCUT2D eigenvalue weighted by Crippen LogP contribution is 2.33. The fourth-order valence-electron chi connectivity index (χ4n) is 3.98. The third-order valence-corrected chi connectivity index (χ3v) is 5.64. The second-order valence-corrected chi connectivity index (χ2v) is 8.29. The minimum absolute atomic E-state index is 0.225. The highest BCUT2D eigenvalue weighted by Gasteiger charge is 2.33. The summed E-state index contributed by atoms with van der Waals surface area (Å²) in [6, 6.07) is 2.46. The van der Waals surface area contributed by atoms with Gasteiger partial charge in [-0.3, -0.25) is 5.32 Å². The summed E-state index contributed by atoms with van der Waals surface area (Å²) in [5.41, 5.74) is 4.13. The average molecular weight is 375 g/mol. The van der Waals surface area contributed by atoms with Gasteiger partial charge in [-0.05, 0) is 25.8 Å². The molecular formula is C21H34N4O2+2. The largest absolute Gasteiger partial charge is 0.370 e. The lowest BCUT2D eigenvalue weighted by Crippen LogP contribution is -3.14. The highest BCUT2D eigenvalue weighted by molar-refractivity contribution is 5.56. The maximum absolute atomic E-state index is 9.89. The molecule has 0 unspecified atom stereocenters. The van der Waals surface area contributed by atoms with Crippen LogP contribution in [-0.2, 0) is 28.9 Å². The number of hydrogen-bond acceptors (Lipinski definition) is 4. The van der Waals surface area contributed by atoms with Crippen LogP contribution in [0.4, 0.5) is 5.82 Å². The van der Waals surface area contributed by atoms with Gasteiger partial charge in [0.1, 0.15) is 43.5 Å². The number of H-pyrrole nitrogens is 1. The van der Waals surface area contributed by atoms with Crippen molar-refractivity contribution < 1.29 is 19.4 Å². The van der Waals surface area contributed by atoms with Crippen molar-refractivity contribution in [3.63, 3.8) is 0 Å². The second kappa shape index (κ2) is 9.01. The maximum atomic E-state index is 9.89. The SMILES string of the molecule is CCCCc1[nH+]c(NCC[NH+]2CCOCC2)c(C#N)c2c1COC(C)(C)C2. The minimum Gasteiger partial charge on any atom is -0.370 e. The van der Waals surface area contributed by atoms with Crippen molar-refractivity contribution in [1.29, 1.82) is 5.26 Å². The predicted octanol–water partition coefficient (Wildman–Crippen LogP) is 0.893. The second-order valence-electron chi connectivity index (χ2n) is 8.29. The Bertz CT molecular complexity index is 690. The van der Waals surface area contributed by atoms with Crippen LogP contribution in [0.1, 0.15) is 56.0 Å². The van der Waals surface area contributed by atoms with E-state index in [1.54, 1.807) is 4.90 Å². The number of nitrogens with one attached hydrogen (secondary N) is 3. The zero-order valence-electron chi connectivity index (χ0n) is 17.0. The van der Waals surface area contributed by atoms with Gasteiger partial charge in [-0.15, -0.1) is 0 Å². The lowest BCUT2D eigenvalue weighted by molar-refractivity contribution is -0.906. The Morgan fingerprint density at radius 3 is 2.74 bits per heavy atom. The Kier molecular flexibility index (Phi) is 6.69. The number of aromatic nitrogens is 1. The summed E-state index contributed by atoms with van der Waals surface area (Å²) in [5, 5.41) is 13.4. The van der Waals surface area contributed by atoms with E-state index in [9.17, 15) is 5.26 Å². The van der Waals surface area contributed by atoms with Crippen LogP contribution >= 0.6 is 0 Å². The molecule has 2 aliphatic rings. The number of morpholine rings is 1. The van der Waals surface area contributed by atoms with Crippen molar-refractivity contribution in [2.45, 2.75) is 58.7 Å². The summed E-state index contributed by atoms with van der Waals surface area (Å²) >= 11 is 0. The number of quaternary nitrogens is 1. The summed E-state index contributed by atoms with van der Waals surface area (Å²) in [5.74, 6) is 0.882. The molecule has 0 bridgehead atoms. The molecule has 0 aliphatic carbocycles. The van der Waals surface area contributed by atoms with Crippen molar-refractivity contribution >= 4 is 5.82 Å². The van der Waals surface area contributed by atoms with Gasteiger partial charge in [-0.2, -0.15) is 5.26 Å². The number of nitrogens with zero attached hydrogens (tertiary/aromatic N) is 1. The van der Waals surface area contributed by atoms with Gasteiger partial charge in [0.25, 0.3) is 5.82 Å². The number of pyridine rings is 1. The Labute approximate surface area is 162 Å². The molecule has 2 aliphatic heterocycles. The summed E-state index contributed by atoms with van der Waals surface area (Å²) in [6.45, 7) is 12.7. The van der Waals surface area contributed by atoms with Crippen molar-refractivity contribution in [3.8, 4) is 6.07 Å². The number of fused-ring (bicyclic) bond motifs is 1. The number of nitriles is 1. The molecule has 6 nitrogen and oxygen atoms in total. The van der Waals surface area contributed by atoms with Gasteiger partial charge < -0.3 is 14.4 Å². The van der Waals surface area contributed by atoms with Gasteiger partial charge in [0.15, 0.2) is 0 Å². The van der Waals surface area contributed by atoms with Gasteiger partial charge in [0.2, 0.25) is 0 Å². The molecule has 27 heavy (non-hydrogen) atoms. The number of aromatic amines is 1. The van der Waals surface area contributed by atoms with E-state index in [2.05, 4.69) is 37.1 Å². The van der Waals surface area contributed by atoms with E-state index in [0.29, 0.717) is 6.61 Å². The van der Waals surface area contributed by atoms with E-state index in [4.69, 9.17) is 9.47 Å². The molecule has 3 rings (SSSR count). The number of rotatable bonds is 7. The standard InChI is InChI=1S/C21H32N4O2/c1-4-5-6-19-18-15-27-21(2,3)13-16(18)17(14-22)20(24-19)23-7-8-25-9-11-26-12-10-25/h4-13,15H2,1-3H3,(H,23,24)/p+2. The van der Waals surface area contributed by atoms with Crippen LogP contribution in [0.25, 0.3) is 0 Å². The Morgan fingerprint density at radius 2 is 2.04 bits per heavy atom. The van der Waals surface area contributed by atoms with E-state index >= 15 is 0 Å². The zero-order chi connectivity index (χ0) is 19.3. The third kappa shape index (κ3) is 4.98. The van der Waals surface area contributed by atoms with E-state index in [1.165, 1.54) is 16.8 Å². The summed E-state index contributed by atoms with van der Waals surface area (Å²) in [7, 11) is 0. The van der Waals surface area contributed by atoms with Crippen LogP contribution in [0.3, 0.4) is 0 Å².